The summed E-state index contributed by atoms with van der Waals surface area (Å²) in [5, 5.41) is 14.0. The number of hydrogen-bond acceptors (Lipinski definition) is 7. The molecule has 1 atom stereocenters. The maximum Gasteiger partial charge on any atom is 0.417 e. The van der Waals surface area contributed by atoms with Crippen LogP contribution in [0.15, 0.2) is 41.8 Å². The lowest BCUT2D eigenvalue weighted by atomic mass is 10.1. The zero-order chi connectivity index (χ0) is 20.9. The van der Waals surface area contributed by atoms with E-state index in [4.69, 9.17) is 19.3 Å². The summed E-state index contributed by atoms with van der Waals surface area (Å²) in [5.74, 6) is -2.07. The predicted molar refractivity (Wildman–Crippen MR) is 111 cm³/mol. The molecule has 0 aliphatic rings. The molecule has 0 saturated heterocycles. The molecule has 0 aliphatic heterocycles. The quantitative estimate of drug-likeness (QED) is 0.292. The van der Waals surface area contributed by atoms with Gasteiger partial charge in [-0.1, -0.05) is 18.2 Å². The van der Waals surface area contributed by atoms with Crippen molar-refractivity contribution in [1.82, 2.24) is 5.32 Å². The zero-order valence-electron chi connectivity index (χ0n) is 16.5. The number of ether oxygens (including phenoxy) is 3. The van der Waals surface area contributed by atoms with Crippen LogP contribution in [0.3, 0.4) is 0 Å². The predicted octanol–water partition coefficient (Wildman–Crippen LogP) is 2.71. The van der Waals surface area contributed by atoms with Gasteiger partial charge in [-0.3, -0.25) is 0 Å². The summed E-state index contributed by atoms with van der Waals surface area (Å²) >= 11 is 1.55. The minimum atomic E-state index is -1.58. The van der Waals surface area contributed by atoms with Gasteiger partial charge in [0.15, 0.2) is 0 Å². The van der Waals surface area contributed by atoms with E-state index in [1.807, 2.05) is 48.7 Å². The lowest BCUT2D eigenvalue weighted by Crippen LogP contribution is -2.28. The second kappa shape index (κ2) is 12.9. The maximum absolute atomic E-state index is 11.2. The Morgan fingerprint density at radius 3 is 2.62 bits per heavy atom. The molecular formula is C21H27NO6S. The molecule has 158 valence electrons. The van der Waals surface area contributed by atoms with E-state index < -0.39 is 11.9 Å². The Morgan fingerprint density at radius 2 is 1.97 bits per heavy atom. The highest BCUT2D eigenvalue weighted by Gasteiger charge is 2.18. The Morgan fingerprint density at radius 1 is 1.17 bits per heavy atom. The van der Waals surface area contributed by atoms with Gasteiger partial charge in [-0.05, 0) is 49.0 Å². The molecule has 7 nitrogen and oxygen atoms in total. The lowest BCUT2D eigenvalue weighted by Gasteiger charge is -2.16. The molecule has 0 bridgehead atoms. The first kappa shape index (κ1) is 22.9. The molecule has 2 rings (SSSR count). The maximum atomic E-state index is 11.2. The number of carbonyl (C=O) groups is 2. The third-order valence-corrected chi connectivity index (χ3v) is 5.18. The lowest BCUT2D eigenvalue weighted by molar-refractivity contribution is -0.164. The largest absolute Gasteiger partial charge is 0.491 e. The standard InChI is InChI=1S/C21H27NO6S/c1-2-26-11-12-27-18-7-5-16(6-8-18)9-10-22-14-17(19-4-3-13-29-19)15-28-21(25)20(23)24/h3-8,13,17,22H,2,9-12,14-15H2,1H3,(H,23,24). The topological polar surface area (TPSA) is 94.1 Å². The third-order valence-electron chi connectivity index (χ3n) is 4.14. The number of benzene rings is 1. The van der Waals surface area contributed by atoms with E-state index in [1.54, 1.807) is 11.3 Å². The SMILES string of the molecule is CCOCCOc1ccc(CCNCC(COC(=O)C(=O)O)c2cccs2)cc1. The molecule has 2 aromatic rings. The first-order valence-electron chi connectivity index (χ1n) is 9.53. The van der Waals surface area contributed by atoms with Gasteiger partial charge in [0.1, 0.15) is 19.0 Å². The van der Waals surface area contributed by atoms with Crippen molar-refractivity contribution in [3.63, 3.8) is 0 Å². The number of nitrogens with one attached hydrogen (secondary N) is 1. The Labute approximate surface area is 174 Å². The second-order valence-corrected chi connectivity index (χ2v) is 7.24. The molecule has 1 aromatic carbocycles. The van der Waals surface area contributed by atoms with E-state index in [1.165, 1.54) is 5.56 Å². The number of esters is 1. The molecule has 1 aromatic heterocycles. The summed E-state index contributed by atoms with van der Waals surface area (Å²) in [6.45, 7) is 5.12. The summed E-state index contributed by atoms with van der Waals surface area (Å²) in [6, 6.07) is 11.8. The summed E-state index contributed by atoms with van der Waals surface area (Å²) in [5.41, 5.74) is 1.18. The highest BCUT2D eigenvalue weighted by molar-refractivity contribution is 7.10. The molecule has 0 saturated carbocycles. The van der Waals surface area contributed by atoms with Crippen molar-refractivity contribution < 1.29 is 28.9 Å². The molecule has 1 unspecified atom stereocenters. The van der Waals surface area contributed by atoms with Crippen LogP contribution < -0.4 is 10.1 Å². The van der Waals surface area contributed by atoms with Gasteiger partial charge in [-0.25, -0.2) is 9.59 Å². The molecule has 1 heterocycles. The van der Waals surface area contributed by atoms with Crippen LogP contribution in [0.1, 0.15) is 23.3 Å². The van der Waals surface area contributed by atoms with Crippen LogP contribution in [0.5, 0.6) is 5.75 Å². The van der Waals surface area contributed by atoms with E-state index in [9.17, 15) is 9.59 Å². The average Bonchev–Trinajstić information content (AvgIpc) is 3.26. The molecule has 0 radical (unpaired) electrons. The Kier molecular flexibility index (Phi) is 10.2. The van der Waals surface area contributed by atoms with Gasteiger partial charge in [-0.2, -0.15) is 0 Å². The summed E-state index contributed by atoms with van der Waals surface area (Å²) in [6.07, 6.45) is 0.839. The number of thiophene rings is 1. The van der Waals surface area contributed by atoms with Gasteiger partial charge < -0.3 is 24.6 Å². The van der Waals surface area contributed by atoms with Crippen LogP contribution in [0, 0.1) is 0 Å². The molecular weight excluding hydrogens is 394 g/mol. The Bertz CT molecular complexity index is 732. The van der Waals surface area contributed by atoms with Crippen molar-refractivity contribution >= 4 is 23.3 Å². The Balaban J connectivity index is 1.73. The van der Waals surface area contributed by atoms with Crippen LogP contribution >= 0.6 is 11.3 Å². The molecule has 0 spiro atoms. The minimum Gasteiger partial charge on any atom is -0.491 e. The normalized spacial score (nSPS) is 11.8. The number of aliphatic carboxylic acids is 1. The first-order chi connectivity index (χ1) is 14.1. The van der Waals surface area contributed by atoms with E-state index in [0.717, 1.165) is 23.6 Å². The molecule has 8 heteroatoms. The van der Waals surface area contributed by atoms with Crippen molar-refractivity contribution in [3.8, 4) is 5.75 Å². The van der Waals surface area contributed by atoms with E-state index in [0.29, 0.717) is 26.4 Å². The first-order valence-corrected chi connectivity index (χ1v) is 10.4. The monoisotopic (exact) mass is 421 g/mol. The summed E-state index contributed by atoms with van der Waals surface area (Å²) in [4.78, 5) is 22.9. The third kappa shape index (κ3) is 8.64. The van der Waals surface area contributed by atoms with E-state index >= 15 is 0 Å². The number of rotatable bonds is 13. The molecule has 0 amide bonds. The van der Waals surface area contributed by atoms with Crippen molar-refractivity contribution in [2.24, 2.45) is 0 Å². The van der Waals surface area contributed by atoms with E-state index in [2.05, 4.69) is 5.32 Å². The number of carboxylic acid groups (broad SMARTS) is 1. The smallest absolute Gasteiger partial charge is 0.417 e. The number of carbonyl (C=O) groups excluding carboxylic acids is 1. The minimum absolute atomic E-state index is 0.0342. The van der Waals surface area contributed by atoms with Crippen molar-refractivity contribution in [2.75, 3.05) is 39.5 Å². The second-order valence-electron chi connectivity index (χ2n) is 6.26. The summed E-state index contributed by atoms with van der Waals surface area (Å²) in [7, 11) is 0. The van der Waals surface area contributed by atoms with Gasteiger partial charge in [0.05, 0.1) is 6.61 Å². The van der Waals surface area contributed by atoms with Gasteiger partial charge in [0, 0.05) is 23.9 Å². The molecule has 0 aliphatic carbocycles. The fourth-order valence-electron chi connectivity index (χ4n) is 2.63. The van der Waals surface area contributed by atoms with Crippen molar-refractivity contribution in [3.05, 3.63) is 52.2 Å². The van der Waals surface area contributed by atoms with Crippen LogP contribution in [0.25, 0.3) is 0 Å². The van der Waals surface area contributed by atoms with Crippen molar-refractivity contribution in [1.29, 1.82) is 0 Å². The van der Waals surface area contributed by atoms with Crippen LogP contribution in [0.4, 0.5) is 0 Å². The van der Waals surface area contributed by atoms with Crippen molar-refractivity contribution in [2.45, 2.75) is 19.3 Å². The number of hydrogen-bond donors (Lipinski definition) is 2. The molecule has 2 N–H and O–H groups in total. The van der Waals surface area contributed by atoms with Crippen LogP contribution in [0.2, 0.25) is 0 Å². The van der Waals surface area contributed by atoms with Gasteiger partial charge in [0.2, 0.25) is 0 Å². The zero-order valence-corrected chi connectivity index (χ0v) is 17.3. The molecule has 0 fully saturated rings. The fraction of sp³-hybridized carbons (Fsp3) is 0.429. The molecule has 29 heavy (non-hydrogen) atoms. The highest BCUT2D eigenvalue weighted by Crippen LogP contribution is 2.21. The fourth-order valence-corrected chi connectivity index (χ4v) is 3.44. The average molecular weight is 422 g/mol. The van der Waals surface area contributed by atoms with Gasteiger partial charge in [-0.15, -0.1) is 11.3 Å². The van der Waals surface area contributed by atoms with Crippen LogP contribution in [-0.2, 0) is 25.5 Å². The van der Waals surface area contributed by atoms with Crippen LogP contribution in [-0.4, -0.2) is 56.6 Å². The Hall–Kier alpha value is -2.42. The van der Waals surface area contributed by atoms with Gasteiger partial charge >= 0.3 is 11.9 Å². The highest BCUT2D eigenvalue weighted by atomic mass is 32.1. The van der Waals surface area contributed by atoms with E-state index in [-0.39, 0.29) is 12.5 Å². The van der Waals surface area contributed by atoms with Gasteiger partial charge in [0.25, 0.3) is 0 Å². The summed E-state index contributed by atoms with van der Waals surface area (Å²) < 4.78 is 15.7. The number of carboxylic acids is 1.